The van der Waals surface area contributed by atoms with Crippen LogP contribution in [0, 0.1) is 5.82 Å². The van der Waals surface area contributed by atoms with Gasteiger partial charge in [-0.15, -0.1) is 0 Å². The molecule has 2 nitrogen and oxygen atoms in total. The highest BCUT2D eigenvalue weighted by atomic mass is 35.5. The Balaban J connectivity index is 2.25. The number of halogens is 3. The van der Waals surface area contributed by atoms with Gasteiger partial charge in [-0.2, -0.15) is 0 Å². The molecular formula is C13H8Cl2FNO. The summed E-state index contributed by atoms with van der Waals surface area (Å²) in [4.78, 5) is 15.8. The molecule has 5 heteroatoms. The molecule has 0 fully saturated rings. The number of rotatable bonds is 3. The standard InChI is InChI=1S/C13H8Cl2FNO/c14-11-6-9(16)1-2-10(11)13(18)5-8-3-4-17-7-12(8)15/h1-4,6-7H,5H2. The van der Waals surface area contributed by atoms with E-state index >= 15 is 0 Å². The van der Waals surface area contributed by atoms with Crippen LogP contribution in [0.3, 0.4) is 0 Å². The molecule has 0 aliphatic heterocycles. The van der Waals surface area contributed by atoms with Crippen molar-refractivity contribution in [3.05, 3.63) is 63.6 Å². The van der Waals surface area contributed by atoms with E-state index in [1.807, 2.05) is 0 Å². The molecule has 1 heterocycles. The first-order valence-corrected chi connectivity index (χ1v) is 5.90. The highest BCUT2D eigenvalue weighted by Crippen LogP contribution is 2.21. The molecule has 1 aromatic carbocycles. The third-order valence-electron chi connectivity index (χ3n) is 2.44. The smallest absolute Gasteiger partial charge is 0.168 e. The summed E-state index contributed by atoms with van der Waals surface area (Å²) in [5, 5.41) is 0.522. The van der Waals surface area contributed by atoms with Crippen molar-refractivity contribution in [2.24, 2.45) is 0 Å². The number of hydrogen-bond acceptors (Lipinski definition) is 2. The lowest BCUT2D eigenvalue weighted by Crippen LogP contribution is -2.05. The van der Waals surface area contributed by atoms with E-state index in [9.17, 15) is 9.18 Å². The van der Waals surface area contributed by atoms with Crippen LogP contribution in [0.1, 0.15) is 15.9 Å². The van der Waals surface area contributed by atoms with Gasteiger partial charge in [0.05, 0.1) is 10.0 Å². The molecule has 0 aliphatic rings. The first-order valence-electron chi connectivity index (χ1n) is 5.14. The summed E-state index contributed by atoms with van der Waals surface area (Å²) in [5.41, 5.74) is 0.947. The predicted octanol–water partition coefficient (Wildman–Crippen LogP) is 3.95. The van der Waals surface area contributed by atoms with E-state index in [1.165, 1.54) is 18.3 Å². The number of ketones is 1. The summed E-state index contributed by atoms with van der Waals surface area (Å²) in [6.45, 7) is 0. The summed E-state index contributed by atoms with van der Waals surface area (Å²) in [6, 6.07) is 5.35. The van der Waals surface area contributed by atoms with Crippen molar-refractivity contribution in [1.29, 1.82) is 0 Å². The first-order chi connectivity index (χ1) is 8.58. The van der Waals surface area contributed by atoms with E-state index in [4.69, 9.17) is 23.2 Å². The van der Waals surface area contributed by atoms with Crippen LogP contribution in [-0.4, -0.2) is 10.8 Å². The number of benzene rings is 1. The summed E-state index contributed by atoms with van der Waals surface area (Å²) < 4.78 is 12.9. The van der Waals surface area contributed by atoms with Gasteiger partial charge in [0.25, 0.3) is 0 Å². The van der Waals surface area contributed by atoms with Crippen molar-refractivity contribution < 1.29 is 9.18 Å². The number of carbonyl (C=O) groups is 1. The molecule has 18 heavy (non-hydrogen) atoms. The maximum absolute atomic E-state index is 12.9. The molecule has 0 bridgehead atoms. The maximum Gasteiger partial charge on any atom is 0.168 e. The third-order valence-corrected chi connectivity index (χ3v) is 3.09. The SMILES string of the molecule is O=C(Cc1ccncc1Cl)c1ccc(F)cc1Cl. The highest BCUT2D eigenvalue weighted by molar-refractivity contribution is 6.34. The van der Waals surface area contributed by atoms with E-state index in [0.717, 1.165) is 6.07 Å². The summed E-state index contributed by atoms with van der Waals surface area (Å²) in [7, 11) is 0. The Labute approximate surface area is 113 Å². The topological polar surface area (TPSA) is 30.0 Å². The van der Waals surface area contributed by atoms with Crippen molar-refractivity contribution >= 4 is 29.0 Å². The van der Waals surface area contributed by atoms with Crippen LogP contribution >= 0.6 is 23.2 Å². The molecule has 1 aromatic heterocycles. The molecule has 0 spiro atoms. The number of aromatic nitrogens is 1. The van der Waals surface area contributed by atoms with E-state index in [-0.39, 0.29) is 22.8 Å². The van der Waals surface area contributed by atoms with Gasteiger partial charge in [-0.05, 0) is 29.8 Å². The van der Waals surface area contributed by atoms with Crippen LogP contribution in [0.15, 0.2) is 36.7 Å². The Hall–Kier alpha value is -1.45. The van der Waals surface area contributed by atoms with Crippen LogP contribution in [0.2, 0.25) is 10.0 Å². The van der Waals surface area contributed by atoms with E-state index in [2.05, 4.69) is 4.98 Å². The van der Waals surface area contributed by atoms with Crippen molar-refractivity contribution in [3.8, 4) is 0 Å². The zero-order valence-corrected chi connectivity index (χ0v) is 10.7. The van der Waals surface area contributed by atoms with Crippen molar-refractivity contribution in [2.75, 3.05) is 0 Å². The number of pyridine rings is 1. The molecule has 0 saturated carbocycles. The van der Waals surface area contributed by atoms with Crippen LogP contribution < -0.4 is 0 Å². The quantitative estimate of drug-likeness (QED) is 0.799. The average Bonchev–Trinajstić information content (AvgIpc) is 2.32. The highest BCUT2D eigenvalue weighted by Gasteiger charge is 2.13. The minimum atomic E-state index is -0.474. The molecule has 0 atom stereocenters. The lowest BCUT2D eigenvalue weighted by molar-refractivity contribution is 0.0993. The summed E-state index contributed by atoms with van der Waals surface area (Å²) in [6.07, 6.45) is 3.13. The van der Waals surface area contributed by atoms with Gasteiger partial charge in [-0.25, -0.2) is 4.39 Å². The monoisotopic (exact) mass is 283 g/mol. The fraction of sp³-hybridized carbons (Fsp3) is 0.0769. The molecule has 0 radical (unpaired) electrons. The van der Waals surface area contributed by atoms with Gasteiger partial charge in [-0.1, -0.05) is 23.2 Å². The van der Waals surface area contributed by atoms with Gasteiger partial charge in [-0.3, -0.25) is 9.78 Å². The third kappa shape index (κ3) is 2.86. The molecule has 0 amide bonds. The Morgan fingerprint density at radius 2 is 2.00 bits per heavy atom. The van der Waals surface area contributed by atoms with Gasteiger partial charge in [0.1, 0.15) is 5.82 Å². The fourth-order valence-electron chi connectivity index (χ4n) is 1.53. The van der Waals surface area contributed by atoms with Crippen LogP contribution in [0.25, 0.3) is 0 Å². The number of nitrogens with zero attached hydrogens (tertiary/aromatic N) is 1. The average molecular weight is 284 g/mol. The predicted molar refractivity (Wildman–Crippen MR) is 68.7 cm³/mol. The van der Waals surface area contributed by atoms with Gasteiger partial charge >= 0.3 is 0 Å². The first kappa shape index (κ1) is 13.0. The zero-order valence-electron chi connectivity index (χ0n) is 9.16. The Bertz CT molecular complexity index is 601. The second-order valence-electron chi connectivity index (χ2n) is 3.69. The number of hydrogen-bond donors (Lipinski definition) is 0. The maximum atomic E-state index is 12.9. The molecule has 92 valence electrons. The second-order valence-corrected chi connectivity index (χ2v) is 4.51. The van der Waals surface area contributed by atoms with E-state index in [0.29, 0.717) is 10.6 Å². The van der Waals surface area contributed by atoms with Crippen LogP contribution in [0.5, 0.6) is 0 Å². The lowest BCUT2D eigenvalue weighted by atomic mass is 10.0. The van der Waals surface area contributed by atoms with Crippen molar-refractivity contribution in [2.45, 2.75) is 6.42 Å². The van der Waals surface area contributed by atoms with E-state index in [1.54, 1.807) is 12.3 Å². The molecular weight excluding hydrogens is 276 g/mol. The number of Topliss-reactive ketones (excluding diaryl/α,β-unsaturated/α-hetero) is 1. The second kappa shape index (κ2) is 5.46. The Morgan fingerprint density at radius 3 is 2.67 bits per heavy atom. The summed E-state index contributed by atoms with van der Waals surface area (Å²) in [5.74, 6) is -0.688. The van der Waals surface area contributed by atoms with Gasteiger partial charge in [0.15, 0.2) is 5.78 Å². The normalized spacial score (nSPS) is 10.4. The van der Waals surface area contributed by atoms with Crippen LogP contribution in [0.4, 0.5) is 4.39 Å². The lowest BCUT2D eigenvalue weighted by Gasteiger charge is -2.05. The molecule has 0 N–H and O–H groups in total. The zero-order chi connectivity index (χ0) is 13.1. The van der Waals surface area contributed by atoms with Crippen molar-refractivity contribution in [1.82, 2.24) is 4.98 Å². The van der Waals surface area contributed by atoms with E-state index < -0.39 is 5.82 Å². The Morgan fingerprint density at radius 1 is 1.22 bits per heavy atom. The Kier molecular flexibility index (Phi) is 3.94. The molecule has 2 aromatic rings. The summed E-state index contributed by atoms with van der Waals surface area (Å²) >= 11 is 11.7. The molecule has 0 saturated heterocycles. The van der Waals surface area contributed by atoms with Crippen molar-refractivity contribution in [3.63, 3.8) is 0 Å². The largest absolute Gasteiger partial charge is 0.294 e. The van der Waals surface area contributed by atoms with Gasteiger partial charge < -0.3 is 0 Å². The molecule has 0 aliphatic carbocycles. The molecule has 2 rings (SSSR count). The molecule has 0 unspecified atom stereocenters. The fourth-order valence-corrected chi connectivity index (χ4v) is 1.99. The van der Waals surface area contributed by atoms with Crippen LogP contribution in [-0.2, 0) is 6.42 Å². The van der Waals surface area contributed by atoms with Gasteiger partial charge in [0, 0.05) is 24.4 Å². The minimum Gasteiger partial charge on any atom is -0.294 e. The van der Waals surface area contributed by atoms with Gasteiger partial charge in [0.2, 0.25) is 0 Å². The number of carbonyl (C=O) groups excluding carboxylic acids is 1. The minimum absolute atomic E-state index is 0.102.